The number of carbonyl (C=O) groups excluding carboxylic acids is 1. The highest BCUT2D eigenvalue weighted by molar-refractivity contribution is 7.80. The molecule has 3 rings (SSSR count). The molecule has 160 valence electrons. The van der Waals surface area contributed by atoms with E-state index >= 15 is 0 Å². The minimum Gasteiger partial charge on any atom is -0.497 e. The standard InChI is InChI=1S/C22H19Cl2N3O3S/c1-29-15-7-5-6-13(10-15)21(28)26-18-8-3-4-9-19(18)27-22(31)25-14-11-16(23)20(30-2)17(24)12-14/h3-12H,1-2H3,(H,26,28)(H2,25,27,31). The van der Waals surface area contributed by atoms with E-state index in [0.29, 0.717) is 49.3 Å². The van der Waals surface area contributed by atoms with Gasteiger partial charge in [-0.25, -0.2) is 0 Å². The maximum Gasteiger partial charge on any atom is 0.255 e. The zero-order valence-electron chi connectivity index (χ0n) is 16.7. The Morgan fingerprint density at radius 3 is 2.10 bits per heavy atom. The molecular weight excluding hydrogens is 457 g/mol. The van der Waals surface area contributed by atoms with Gasteiger partial charge in [-0.15, -0.1) is 0 Å². The topological polar surface area (TPSA) is 71.6 Å². The molecule has 0 saturated heterocycles. The van der Waals surface area contributed by atoms with Crippen molar-refractivity contribution >= 4 is 63.5 Å². The molecule has 0 aliphatic heterocycles. The van der Waals surface area contributed by atoms with Gasteiger partial charge in [-0.1, -0.05) is 41.4 Å². The van der Waals surface area contributed by atoms with Crippen LogP contribution in [-0.2, 0) is 0 Å². The van der Waals surface area contributed by atoms with E-state index in [0.717, 1.165) is 0 Å². The number of nitrogens with one attached hydrogen (secondary N) is 3. The van der Waals surface area contributed by atoms with Crippen LogP contribution in [0.3, 0.4) is 0 Å². The maximum atomic E-state index is 12.7. The van der Waals surface area contributed by atoms with Crippen LogP contribution in [0.2, 0.25) is 10.0 Å². The first-order chi connectivity index (χ1) is 14.9. The van der Waals surface area contributed by atoms with Crippen molar-refractivity contribution in [3.8, 4) is 11.5 Å². The molecule has 3 N–H and O–H groups in total. The minimum absolute atomic E-state index is 0.277. The van der Waals surface area contributed by atoms with Crippen molar-refractivity contribution in [1.29, 1.82) is 0 Å². The monoisotopic (exact) mass is 475 g/mol. The number of ether oxygens (including phenoxy) is 2. The molecule has 6 nitrogen and oxygen atoms in total. The van der Waals surface area contributed by atoms with Crippen molar-refractivity contribution < 1.29 is 14.3 Å². The van der Waals surface area contributed by atoms with E-state index in [9.17, 15) is 4.79 Å². The van der Waals surface area contributed by atoms with Gasteiger partial charge in [0.1, 0.15) is 5.75 Å². The van der Waals surface area contributed by atoms with Gasteiger partial charge >= 0.3 is 0 Å². The quantitative estimate of drug-likeness (QED) is 0.375. The summed E-state index contributed by atoms with van der Waals surface area (Å²) in [5, 5.41) is 9.96. The molecule has 31 heavy (non-hydrogen) atoms. The molecular formula is C22H19Cl2N3O3S. The Morgan fingerprint density at radius 1 is 0.839 bits per heavy atom. The molecule has 0 unspecified atom stereocenters. The summed E-state index contributed by atoms with van der Waals surface area (Å²) < 4.78 is 10.3. The van der Waals surface area contributed by atoms with Gasteiger partial charge in [0.05, 0.1) is 35.6 Å². The first-order valence-corrected chi connectivity index (χ1v) is 10.2. The molecule has 0 bridgehead atoms. The van der Waals surface area contributed by atoms with Gasteiger partial charge < -0.3 is 25.4 Å². The second kappa shape index (κ2) is 10.3. The number of methoxy groups -OCH3 is 2. The number of benzene rings is 3. The molecule has 0 saturated carbocycles. The van der Waals surface area contributed by atoms with Gasteiger partial charge in [-0.05, 0) is 54.7 Å². The van der Waals surface area contributed by atoms with E-state index in [1.54, 1.807) is 55.6 Å². The van der Waals surface area contributed by atoms with Crippen LogP contribution >= 0.6 is 35.4 Å². The van der Waals surface area contributed by atoms with E-state index in [2.05, 4.69) is 16.0 Å². The van der Waals surface area contributed by atoms with Crippen LogP contribution in [0.15, 0.2) is 60.7 Å². The second-order valence-corrected chi connectivity index (χ2v) is 7.51. The predicted molar refractivity (Wildman–Crippen MR) is 130 cm³/mol. The summed E-state index contributed by atoms with van der Waals surface area (Å²) in [6.07, 6.45) is 0. The normalized spacial score (nSPS) is 10.2. The van der Waals surface area contributed by atoms with Crippen LogP contribution in [0.4, 0.5) is 17.1 Å². The number of halogens is 2. The molecule has 0 radical (unpaired) electrons. The van der Waals surface area contributed by atoms with Crippen molar-refractivity contribution in [2.24, 2.45) is 0 Å². The van der Waals surface area contributed by atoms with Gasteiger partial charge in [0, 0.05) is 11.3 Å². The Morgan fingerprint density at radius 2 is 1.48 bits per heavy atom. The highest BCUT2D eigenvalue weighted by Gasteiger charge is 2.12. The Kier molecular flexibility index (Phi) is 7.57. The number of hydrogen-bond donors (Lipinski definition) is 3. The largest absolute Gasteiger partial charge is 0.497 e. The highest BCUT2D eigenvalue weighted by Crippen LogP contribution is 2.35. The lowest BCUT2D eigenvalue weighted by molar-refractivity contribution is 0.102. The summed E-state index contributed by atoms with van der Waals surface area (Å²) in [4.78, 5) is 12.7. The Hall–Kier alpha value is -3.00. The SMILES string of the molecule is COc1cccc(C(=O)Nc2ccccc2NC(=S)Nc2cc(Cl)c(OC)c(Cl)c2)c1. The summed E-state index contributed by atoms with van der Waals surface area (Å²) in [7, 11) is 3.04. The smallest absolute Gasteiger partial charge is 0.255 e. The average Bonchev–Trinajstić information content (AvgIpc) is 2.75. The van der Waals surface area contributed by atoms with E-state index in [4.69, 9.17) is 44.9 Å². The number of carbonyl (C=O) groups is 1. The number of amides is 1. The Labute approximate surface area is 195 Å². The fourth-order valence-electron chi connectivity index (χ4n) is 2.77. The van der Waals surface area contributed by atoms with Crippen molar-refractivity contribution in [1.82, 2.24) is 0 Å². The molecule has 0 fully saturated rings. The number of thiocarbonyl (C=S) groups is 1. The fraction of sp³-hybridized carbons (Fsp3) is 0.0909. The van der Waals surface area contributed by atoms with Crippen molar-refractivity contribution in [2.75, 3.05) is 30.2 Å². The molecule has 0 atom stereocenters. The van der Waals surface area contributed by atoms with Crippen LogP contribution in [-0.4, -0.2) is 25.2 Å². The zero-order chi connectivity index (χ0) is 22.4. The molecule has 0 heterocycles. The van der Waals surface area contributed by atoms with E-state index in [1.165, 1.54) is 7.11 Å². The third-order valence-electron chi connectivity index (χ3n) is 4.22. The van der Waals surface area contributed by atoms with Crippen LogP contribution < -0.4 is 25.4 Å². The summed E-state index contributed by atoms with van der Waals surface area (Å²) in [5.41, 5.74) is 2.23. The number of para-hydroxylation sites is 2. The van der Waals surface area contributed by atoms with Crippen molar-refractivity contribution in [3.63, 3.8) is 0 Å². The van der Waals surface area contributed by atoms with Crippen molar-refractivity contribution in [2.45, 2.75) is 0 Å². The van der Waals surface area contributed by atoms with Crippen LogP contribution in [0, 0.1) is 0 Å². The minimum atomic E-state index is -0.277. The van der Waals surface area contributed by atoms with E-state index < -0.39 is 0 Å². The average molecular weight is 476 g/mol. The van der Waals surface area contributed by atoms with Gasteiger partial charge in [-0.3, -0.25) is 4.79 Å². The maximum absolute atomic E-state index is 12.7. The molecule has 3 aromatic carbocycles. The Bertz CT molecular complexity index is 1100. The summed E-state index contributed by atoms with van der Waals surface area (Å²) in [6.45, 7) is 0. The second-order valence-electron chi connectivity index (χ2n) is 6.28. The molecule has 0 spiro atoms. The lowest BCUT2D eigenvalue weighted by Crippen LogP contribution is -2.21. The molecule has 0 aliphatic rings. The molecule has 1 amide bonds. The third-order valence-corrected chi connectivity index (χ3v) is 4.98. The number of anilines is 3. The first kappa shape index (κ1) is 22.7. The molecule has 0 aliphatic carbocycles. The van der Waals surface area contributed by atoms with Gasteiger partial charge in [0.25, 0.3) is 5.91 Å². The van der Waals surface area contributed by atoms with Crippen LogP contribution in [0.1, 0.15) is 10.4 Å². The van der Waals surface area contributed by atoms with Crippen molar-refractivity contribution in [3.05, 3.63) is 76.3 Å². The summed E-state index contributed by atoms with van der Waals surface area (Å²) in [6, 6.07) is 17.4. The summed E-state index contributed by atoms with van der Waals surface area (Å²) in [5.74, 6) is 0.709. The lowest BCUT2D eigenvalue weighted by atomic mass is 10.2. The molecule has 3 aromatic rings. The highest BCUT2D eigenvalue weighted by atomic mass is 35.5. The molecule has 9 heteroatoms. The number of hydrogen-bond acceptors (Lipinski definition) is 4. The van der Waals surface area contributed by atoms with Gasteiger partial charge in [0.2, 0.25) is 0 Å². The van der Waals surface area contributed by atoms with Crippen LogP contribution in [0.5, 0.6) is 11.5 Å². The number of rotatable bonds is 6. The first-order valence-electron chi connectivity index (χ1n) is 9.06. The molecule has 0 aromatic heterocycles. The van der Waals surface area contributed by atoms with Gasteiger partial charge in [-0.2, -0.15) is 0 Å². The lowest BCUT2D eigenvalue weighted by Gasteiger charge is -2.16. The third kappa shape index (κ3) is 5.79. The fourth-order valence-corrected chi connectivity index (χ4v) is 3.64. The van der Waals surface area contributed by atoms with Crippen LogP contribution in [0.25, 0.3) is 0 Å². The Balaban J connectivity index is 1.73. The van der Waals surface area contributed by atoms with Gasteiger partial charge in [0.15, 0.2) is 10.9 Å². The predicted octanol–water partition coefficient (Wildman–Crippen LogP) is 6.07. The zero-order valence-corrected chi connectivity index (χ0v) is 19.0. The summed E-state index contributed by atoms with van der Waals surface area (Å²) >= 11 is 17.7. The van der Waals surface area contributed by atoms with E-state index in [-0.39, 0.29) is 5.91 Å². The van der Waals surface area contributed by atoms with E-state index in [1.807, 2.05) is 12.1 Å².